The van der Waals surface area contributed by atoms with Crippen LogP contribution < -0.4 is 0 Å². The van der Waals surface area contributed by atoms with Crippen LogP contribution in [0.1, 0.15) is 78.4 Å². The van der Waals surface area contributed by atoms with E-state index in [0.29, 0.717) is 29.3 Å². The SMILES string of the molecule is CCOC(=O)C(c1ncn2c1CCC2)N1Cc2c(F)cc(-c3ccc(C4(C)C=C(CN5CCC(CO)CC5)C4)cc3)cc2C1=O. The average molecular weight is 613 g/mol. The highest BCUT2D eigenvalue weighted by Gasteiger charge is 2.43. The Morgan fingerprint density at radius 3 is 2.62 bits per heavy atom. The summed E-state index contributed by atoms with van der Waals surface area (Å²) in [7, 11) is 0. The summed E-state index contributed by atoms with van der Waals surface area (Å²) in [6.45, 7) is 8.34. The Labute approximate surface area is 263 Å². The number of likely N-dealkylation sites (tertiary alicyclic amines) is 1. The van der Waals surface area contributed by atoms with E-state index in [2.05, 4.69) is 35.0 Å². The van der Waals surface area contributed by atoms with Crippen molar-refractivity contribution in [1.82, 2.24) is 19.4 Å². The number of esters is 1. The van der Waals surface area contributed by atoms with Gasteiger partial charge in [-0.3, -0.25) is 9.69 Å². The van der Waals surface area contributed by atoms with Gasteiger partial charge in [0.15, 0.2) is 6.04 Å². The van der Waals surface area contributed by atoms with Gasteiger partial charge in [0.1, 0.15) is 5.82 Å². The topological polar surface area (TPSA) is 87.9 Å². The number of aryl methyl sites for hydroxylation is 1. The van der Waals surface area contributed by atoms with Crippen molar-refractivity contribution in [3.05, 3.63) is 88.3 Å². The van der Waals surface area contributed by atoms with Gasteiger partial charge in [0.2, 0.25) is 0 Å². The lowest BCUT2D eigenvalue weighted by Gasteiger charge is -2.40. The van der Waals surface area contributed by atoms with Gasteiger partial charge in [-0.25, -0.2) is 14.2 Å². The van der Waals surface area contributed by atoms with E-state index >= 15 is 4.39 Å². The number of aromatic nitrogens is 2. The minimum Gasteiger partial charge on any atom is -0.464 e. The molecule has 236 valence electrons. The summed E-state index contributed by atoms with van der Waals surface area (Å²) in [5.74, 6) is -0.945. The third-order valence-corrected chi connectivity index (χ3v) is 10.3. The van der Waals surface area contributed by atoms with E-state index in [9.17, 15) is 14.7 Å². The fourth-order valence-electron chi connectivity index (χ4n) is 7.74. The van der Waals surface area contributed by atoms with Crippen molar-refractivity contribution in [2.75, 3.05) is 32.8 Å². The van der Waals surface area contributed by atoms with Gasteiger partial charge in [0, 0.05) is 41.9 Å². The lowest BCUT2D eigenvalue weighted by Crippen LogP contribution is -2.39. The fourth-order valence-corrected chi connectivity index (χ4v) is 7.74. The van der Waals surface area contributed by atoms with Gasteiger partial charge < -0.3 is 19.3 Å². The summed E-state index contributed by atoms with van der Waals surface area (Å²) < 4.78 is 23.0. The molecule has 1 fully saturated rings. The Hall–Kier alpha value is -3.82. The van der Waals surface area contributed by atoms with Gasteiger partial charge in [-0.15, -0.1) is 0 Å². The molecule has 3 aliphatic heterocycles. The number of rotatable bonds is 9. The van der Waals surface area contributed by atoms with Gasteiger partial charge in [-0.2, -0.15) is 0 Å². The summed E-state index contributed by atoms with van der Waals surface area (Å²) >= 11 is 0. The minimum atomic E-state index is -1.02. The first-order valence-electron chi connectivity index (χ1n) is 16.3. The van der Waals surface area contributed by atoms with E-state index < -0.39 is 17.8 Å². The van der Waals surface area contributed by atoms with Crippen molar-refractivity contribution in [3.8, 4) is 11.1 Å². The van der Waals surface area contributed by atoms with Crippen molar-refractivity contribution in [2.24, 2.45) is 5.92 Å². The third-order valence-electron chi connectivity index (χ3n) is 10.3. The van der Waals surface area contributed by atoms with Crippen molar-refractivity contribution >= 4 is 11.9 Å². The standard InChI is InChI=1S/C36H41FN4O4/c1-3-45-35(44)33(32-31-5-4-12-40(31)22-38-32)41-20-29-28(34(41)43)15-26(16-30(29)37)25-6-8-27(9-7-25)36(2)17-24(18-36)19-39-13-10-23(21-42)11-14-39/h6-9,15-17,22-23,33,42H,3-5,10-14,18-21H2,1-2H3. The Morgan fingerprint density at radius 1 is 1.16 bits per heavy atom. The van der Waals surface area contributed by atoms with E-state index in [1.54, 1.807) is 19.3 Å². The van der Waals surface area contributed by atoms with Gasteiger partial charge in [0.25, 0.3) is 5.91 Å². The number of aliphatic hydroxyl groups is 1. The first-order chi connectivity index (χ1) is 21.8. The van der Waals surface area contributed by atoms with E-state index in [-0.39, 0.29) is 30.0 Å². The number of nitrogens with zero attached hydrogens (tertiary/aromatic N) is 4. The summed E-state index contributed by atoms with van der Waals surface area (Å²) in [5, 5.41) is 9.41. The molecule has 1 aliphatic carbocycles. The second-order valence-electron chi connectivity index (χ2n) is 13.3. The molecule has 0 radical (unpaired) electrons. The van der Waals surface area contributed by atoms with E-state index in [4.69, 9.17) is 4.74 Å². The van der Waals surface area contributed by atoms with Crippen LogP contribution in [0.15, 0.2) is 54.4 Å². The van der Waals surface area contributed by atoms with Crippen LogP contribution in [0.2, 0.25) is 0 Å². The summed E-state index contributed by atoms with van der Waals surface area (Å²) in [6.07, 6.45) is 8.94. The predicted molar refractivity (Wildman–Crippen MR) is 168 cm³/mol. The molecule has 1 amide bonds. The highest BCUT2D eigenvalue weighted by atomic mass is 19.1. The Bertz CT molecular complexity index is 1660. The molecule has 1 N–H and O–H groups in total. The first-order valence-corrected chi connectivity index (χ1v) is 16.3. The van der Waals surface area contributed by atoms with Gasteiger partial charge in [-0.1, -0.05) is 42.8 Å². The highest BCUT2D eigenvalue weighted by molar-refractivity contribution is 6.02. The summed E-state index contributed by atoms with van der Waals surface area (Å²) in [5.41, 5.74) is 6.12. The van der Waals surface area contributed by atoms with E-state index in [0.717, 1.165) is 69.5 Å². The molecule has 1 aromatic heterocycles. The molecular formula is C36H41FN4O4. The maximum atomic E-state index is 15.6. The van der Waals surface area contributed by atoms with Gasteiger partial charge >= 0.3 is 5.97 Å². The molecule has 4 aliphatic rings. The maximum Gasteiger partial charge on any atom is 0.335 e. The smallest absolute Gasteiger partial charge is 0.335 e. The van der Waals surface area contributed by atoms with Crippen LogP contribution in [-0.4, -0.2) is 69.2 Å². The van der Waals surface area contributed by atoms with Crippen LogP contribution in [-0.2, 0) is 34.5 Å². The van der Waals surface area contributed by atoms with Crippen molar-refractivity contribution in [3.63, 3.8) is 0 Å². The zero-order valence-corrected chi connectivity index (χ0v) is 26.1. The van der Waals surface area contributed by atoms with Crippen LogP contribution in [0.5, 0.6) is 0 Å². The number of aliphatic hydroxyl groups excluding tert-OH is 1. The van der Waals surface area contributed by atoms with Crippen molar-refractivity contribution < 1.29 is 23.8 Å². The average Bonchev–Trinajstić information content (AvgIpc) is 3.74. The van der Waals surface area contributed by atoms with Crippen molar-refractivity contribution in [2.45, 2.75) is 70.5 Å². The number of hydrogen-bond donors (Lipinski definition) is 1. The number of carbonyl (C=O) groups is 2. The molecule has 45 heavy (non-hydrogen) atoms. The molecule has 3 aromatic rings. The maximum absolute atomic E-state index is 15.6. The Balaban J connectivity index is 1.09. The quantitative estimate of drug-likeness (QED) is 0.265. The number of amides is 1. The van der Waals surface area contributed by atoms with E-state index in [1.807, 2.05) is 16.7 Å². The molecule has 9 heteroatoms. The molecule has 4 heterocycles. The van der Waals surface area contributed by atoms with Crippen molar-refractivity contribution in [1.29, 1.82) is 0 Å². The van der Waals surface area contributed by atoms with Crippen LogP contribution >= 0.6 is 0 Å². The molecule has 0 bridgehead atoms. The number of fused-ring (bicyclic) bond motifs is 2. The zero-order chi connectivity index (χ0) is 31.3. The Kier molecular flexibility index (Phi) is 7.86. The first kappa shape index (κ1) is 29.9. The number of allylic oxidation sites excluding steroid dienone is 1. The molecule has 1 saturated heterocycles. The zero-order valence-electron chi connectivity index (χ0n) is 26.1. The molecule has 2 atom stereocenters. The summed E-state index contributed by atoms with van der Waals surface area (Å²) in [4.78, 5) is 35.4. The second-order valence-corrected chi connectivity index (χ2v) is 13.3. The minimum absolute atomic E-state index is 0.0124. The van der Waals surface area contributed by atoms with Gasteiger partial charge in [-0.05, 0) is 86.9 Å². The number of halogens is 1. The largest absolute Gasteiger partial charge is 0.464 e. The van der Waals surface area contributed by atoms with Crippen LogP contribution in [0.3, 0.4) is 0 Å². The normalized spacial score (nSPS) is 22.2. The monoisotopic (exact) mass is 612 g/mol. The molecule has 2 aromatic carbocycles. The molecular weight excluding hydrogens is 571 g/mol. The number of hydrogen-bond acceptors (Lipinski definition) is 6. The molecule has 8 nitrogen and oxygen atoms in total. The van der Waals surface area contributed by atoms with Crippen LogP contribution in [0.4, 0.5) is 4.39 Å². The van der Waals surface area contributed by atoms with Crippen LogP contribution in [0, 0.1) is 11.7 Å². The number of benzene rings is 2. The highest BCUT2D eigenvalue weighted by Crippen LogP contribution is 2.43. The van der Waals surface area contributed by atoms with Gasteiger partial charge in [0.05, 0.1) is 25.2 Å². The number of piperidine rings is 1. The summed E-state index contributed by atoms with van der Waals surface area (Å²) in [6, 6.07) is 10.4. The number of ether oxygens (including phenoxy) is 1. The lowest BCUT2D eigenvalue weighted by molar-refractivity contribution is -0.149. The Morgan fingerprint density at radius 2 is 1.91 bits per heavy atom. The predicted octanol–water partition coefficient (Wildman–Crippen LogP) is 5.19. The molecule has 2 unspecified atom stereocenters. The second kappa shape index (κ2) is 11.8. The third kappa shape index (κ3) is 5.40. The number of carbonyl (C=O) groups excluding carboxylic acids is 2. The molecule has 0 spiro atoms. The fraction of sp³-hybridized carbons (Fsp3) is 0.472. The van der Waals surface area contributed by atoms with Crippen LogP contribution in [0.25, 0.3) is 11.1 Å². The number of imidazole rings is 1. The van der Waals surface area contributed by atoms with E-state index in [1.165, 1.54) is 22.1 Å². The molecule has 7 rings (SSSR count). The molecule has 0 saturated carbocycles. The lowest BCUT2D eigenvalue weighted by atomic mass is 9.67.